The van der Waals surface area contributed by atoms with Crippen LogP contribution >= 0.6 is 0 Å². The molecule has 0 radical (unpaired) electrons. The molecule has 1 aliphatic heterocycles. The van der Waals surface area contributed by atoms with Crippen molar-refractivity contribution in [2.45, 2.75) is 51.6 Å². The highest BCUT2D eigenvalue weighted by Crippen LogP contribution is 2.23. The quantitative estimate of drug-likeness (QED) is 0.845. The van der Waals surface area contributed by atoms with Crippen LogP contribution in [0.1, 0.15) is 43.7 Å². The van der Waals surface area contributed by atoms with Gasteiger partial charge >= 0.3 is 0 Å². The predicted molar refractivity (Wildman–Crippen MR) is 82.4 cm³/mol. The van der Waals surface area contributed by atoms with Crippen LogP contribution in [0.3, 0.4) is 0 Å². The van der Waals surface area contributed by atoms with E-state index < -0.39 is 0 Å². The Balaban J connectivity index is 2.02. The minimum absolute atomic E-state index is 0.770. The van der Waals surface area contributed by atoms with E-state index in [1.54, 1.807) is 0 Å². The van der Waals surface area contributed by atoms with Gasteiger partial charge in [-0.3, -0.25) is 4.90 Å². The van der Waals surface area contributed by atoms with Crippen molar-refractivity contribution in [2.75, 3.05) is 20.1 Å². The molecule has 1 fully saturated rings. The molecule has 1 aromatic rings. The van der Waals surface area contributed by atoms with Crippen LogP contribution in [0.5, 0.6) is 0 Å². The summed E-state index contributed by atoms with van der Waals surface area (Å²) in [5, 5.41) is 3.30. The third kappa shape index (κ3) is 4.05. The van der Waals surface area contributed by atoms with E-state index in [0.29, 0.717) is 0 Å². The molecule has 2 rings (SSSR count). The number of nitrogens with zero attached hydrogens (tertiary/aromatic N) is 1. The smallest absolute Gasteiger partial charge is 0.0239 e. The van der Waals surface area contributed by atoms with Crippen molar-refractivity contribution in [2.24, 2.45) is 0 Å². The summed E-state index contributed by atoms with van der Waals surface area (Å²) in [6.45, 7) is 5.80. The first kappa shape index (κ1) is 14.5. The third-order valence-electron chi connectivity index (χ3n) is 4.35. The highest BCUT2D eigenvalue weighted by Gasteiger charge is 2.22. The second kappa shape index (κ2) is 7.66. The van der Waals surface area contributed by atoms with E-state index in [1.165, 1.54) is 43.4 Å². The summed E-state index contributed by atoms with van der Waals surface area (Å²) >= 11 is 0. The van der Waals surface area contributed by atoms with Gasteiger partial charge in [-0.25, -0.2) is 0 Å². The molecule has 19 heavy (non-hydrogen) atoms. The fraction of sp³-hybridized carbons (Fsp3) is 0.647. The topological polar surface area (TPSA) is 15.3 Å². The number of hydrogen-bond donors (Lipinski definition) is 1. The second-order valence-corrected chi connectivity index (χ2v) is 5.63. The zero-order valence-electron chi connectivity index (χ0n) is 12.5. The van der Waals surface area contributed by atoms with Crippen LogP contribution in [0.2, 0.25) is 0 Å². The first-order chi connectivity index (χ1) is 9.35. The molecule has 106 valence electrons. The minimum atomic E-state index is 0.770. The molecule has 2 nitrogen and oxygen atoms in total. The zero-order valence-corrected chi connectivity index (χ0v) is 12.5. The zero-order chi connectivity index (χ0) is 13.5. The fourth-order valence-corrected chi connectivity index (χ4v) is 3.18. The molecule has 0 amide bonds. The van der Waals surface area contributed by atoms with Crippen LogP contribution in [0.4, 0.5) is 0 Å². The highest BCUT2D eigenvalue weighted by molar-refractivity contribution is 5.27. The fourth-order valence-electron chi connectivity index (χ4n) is 3.18. The van der Waals surface area contributed by atoms with Gasteiger partial charge < -0.3 is 5.32 Å². The molecule has 0 bridgehead atoms. The molecule has 1 unspecified atom stereocenters. The van der Waals surface area contributed by atoms with Crippen molar-refractivity contribution < 1.29 is 0 Å². The van der Waals surface area contributed by atoms with Gasteiger partial charge in [0, 0.05) is 12.6 Å². The average Bonchev–Trinajstić information content (AvgIpc) is 2.47. The largest absolute Gasteiger partial charge is 0.320 e. The molecule has 1 saturated heterocycles. The first-order valence-electron chi connectivity index (χ1n) is 7.80. The van der Waals surface area contributed by atoms with Crippen molar-refractivity contribution in [3.05, 3.63) is 35.4 Å². The van der Waals surface area contributed by atoms with E-state index in [4.69, 9.17) is 0 Å². The summed E-state index contributed by atoms with van der Waals surface area (Å²) in [5.41, 5.74) is 3.04. The summed E-state index contributed by atoms with van der Waals surface area (Å²) in [6, 6.07) is 9.70. The van der Waals surface area contributed by atoms with Gasteiger partial charge in [0.2, 0.25) is 0 Å². The SMILES string of the molecule is CCc1ccccc1CN1CCCCC1CCNC. The van der Waals surface area contributed by atoms with Gasteiger partial charge in [0.25, 0.3) is 0 Å². The Hall–Kier alpha value is -0.860. The molecule has 2 heteroatoms. The molecule has 1 heterocycles. The van der Waals surface area contributed by atoms with Crippen LogP contribution in [0.15, 0.2) is 24.3 Å². The van der Waals surface area contributed by atoms with Crippen molar-refractivity contribution in [1.82, 2.24) is 10.2 Å². The maximum atomic E-state index is 3.30. The normalized spacial score (nSPS) is 20.6. The van der Waals surface area contributed by atoms with Crippen molar-refractivity contribution in [1.29, 1.82) is 0 Å². The van der Waals surface area contributed by atoms with E-state index in [0.717, 1.165) is 25.6 Å². The molecule has 1 N–H and O–H groups in total. The van der Waals surface area contributed by atoms with Gasteiger partial charge in [0.1, 0.15) is 0 Å². The third-order valence-corrected chi connectivity index (χ3v) is 4.35. The van der Waals surface area contributed by atoms with Gasteiger partial charge in [0.05, 0.1) is 0 Å². The maximum absolute atomic E-state index is 3.30. The van der Waals surface area contributed by atoms with Gasteiger partial charge in [-0.1, -0.05) is 37.6 Å². The van der Waals surface area contributed by atoms with E-state index in [9.17, 15) is 0 Å². The minimum Gasteiger partial charge on any atom is -0.320 e. The molecule has 1 atom stereocenters. The Morgan fingerprint density at radius 2 is 2.00 bits per heavy atom. The Morgan fingerprint density at radius 1 is 1.21 bits per heavy atom. The van der Waals surface area contributed by atoms with Crippen molar-refractivity contribution in [3.8, 4) is 0 Å². The Labute approximate surface area is 118 Å². The van der Waals surface area contributed by atoms with Crippen molar-refractivity contribution >= 4 is 0 Å². The number of nitrogens with one attached hydrogen (secondary N) is 1. The number of piperidine rings is 1. The number of likely N-dealkylation sites (tertiary alicyclic amines) is 1. The van der Waals surface area contributed by atoms with Gasteiger partial charge in [-0.05, 0) is 56.9 Å². The van der Waals surface area contributed by atoms with Crippen LogP contribution in [-0.4, -0.2) is 31.1 Å². The Bertz CT molecular complexity index is 375. The van der Waals surface area contributed by atoms with Gasteiger partial charge in [-0.2, -0.15) is 0 Å². The summed E-state index contributed by atoms with van der Waals surface area (Å²) in [6.07, 6.45) is 6.57. The molecule has 0 aliphatic carbocycles. The van der Waals surface area contributed by atoms with Crippen LogP contribution in [0.25, 0.3) is 0 Å². The number of aryl methyl sites for hydroxylation is 1. The molecular weight excluding hydrogens is 232 g/mol. The monoisotopic (exact) mass is 260 g/mol. The van der Waals surface area contributed by atoms with E-state index in [1.807, 2.05) is 0 Å². The lowest BCUT2D eigenvalue weighted by atomic mass is 9.97. The van der Waals surface area contributed by atoms with Gasteiger partial charge in [-0.15, -0.1) is 0 Å². The molecule has 0 saturated carbocycles. The Morgan fingerprint density at radius 3 is 2.74 bits per heavy atom. The summed E-state index contributed by atoms with van der Waals surface area (Å²) in [4.78, 5) is 2.70. The van der Waals surface area contributed by atoms with Crippen LogP contribution in [0, 0.1) is 0 Å². The van der Waals surface area contributed by atoms with Gasteiger partial charge in [0.15, 0.2) is 0 Å². The molecule has 1 aromatic carbocycles. The summed E-state index contributed by atoms with van der Waals surface area (Å²) < 4.78 is 0. The summed E-state index contributed by atoms with van der Waals surface area (Å²) in [5.74, 6) is 0. The average molecular weight is 260 g/mol. The highest BCUT2D eigenvalue weighted by atomic mass is 15.2. The lowest BCUT2D eigenvalue weighted by Crippen LogP contribution is -2.40. The molecule has 0 aromatic heterocycles. The summed E-state index contributed by atoms with van der Waals surface area (Å²) in [7, 11) is 2.06. The molecule has 1 aliphatic rings. The maximum Gasteiger partial charge on any atom is 0.0239 e. The molecular formula is C17H28N2. The lowest BCUT2D eigenvalue weighted by molar-refractivity contribution is 0.132. The number of hydrogen-bond acceptors (Lipinski definition) is 2. The van der Waals surface area contributed by atoms with E-state index >= 15 is 0 Å². The Kier molecular flexibility index (Phi) is 5.87. The number of rotatable bonds is 6. The van der Waals surface area contributed by atoms with E-state index in [-0.39, 0.29) is 0 Å². The van der Waals surface area contributed by atoms with Crippen LogP contribution < -0.4 is 5.32 Å². The second-order valence-electron chi connectivity index (χ2n) is 5.63. The number of benzene rings is 1. The first-order valence-corrected chi connectivity index (χ1v) is 7.80. The predicted octanol–water partition coefficient (Wildman–Crippen LogP) is 3.21. The standard InChI is InChI=1S/C17H28N2/c1-3-15-8-4-5-9-16(15)14-19-13-7-6-10-17(19)11-12-18-2/h4-5,8-9,17-18H,3,6-7,10-14H2,1-2H3. The van der Waals surface area contributed by atoms with Crippen molar-refractivity contribution in [3.63, 3.8) is 0 Å². The molecule has 0 spiro atoms. The van der Waals surface area contributed by atoms with E-state index in [2.05, 4.69) is 48.5 Å². The van der Waals surface area contributed by atoms with Crippen LogP contribution in [-0.2, 0) is 13.0 Å². The lowest BCUT2D eigenvalue weighted by Gasteiger charge is -2.36.